The number of piperidine rings is 1. The first-order valence-electron chi connectivity index (χ1n) is 8.05. The third-order valence-corrected chi connectivity index (χ3v) is 4.46. The van der Waals surface area contributed by atoms with Gasteiger partial charge in [-0.25, -0.2) is 0 Å². The van der Waals surface area contributed by atoms with Gasteiger partial charge in [-0.05, 0) is 43.0 Å². The first kappa shape index (κ1) is 18.0. The van der Waals surface area contributed by atoms with Crippen LogP contribution in [-0.4, -0.2) is 50.2 Å². The van der Waals surface area contributed by atoms with Crippen LogP contribution in [0.5, 0.6) is 0 Å². The number of benzene rings is 1. The van der Waals surface area contributed by atoms with Crippen LogP contribution in [0.25, 0.3) is 5.57 Å². The van der Waals surface area contributed by atoms with E-state index in [4.69, 9.17) is 16.3 Å². The summed E-state index contributed by atoms with van der Waals surface area (Å²) in [7, 11) is 1.77. The number of carbonyl (C=O) groups is 1. The molecule has 0 radical (unpaired) electrons. The van der Waals surface area contributed by atoms with Crippen molar-refractivity contribution in [1.29, 1.82) is 0 Å². The van der Waals surface area contributed by atoms with Gasteiger partial charge in [0.15, 0.2) is 0 Å². The molecular weight excluding hydrogens is 312 g/mol. The number of halogens is 1. The summed E-state index contributed by atoms with van der Waals surface area (Å²) in [6.45, 7) is 5.53. The van der Waals surface area contributed by atoms with E-state index in [1.165, 1.54) is 0 Å². The molecule has 1 aromatic carbocycles. The molecule has 1 heterocycles. The number of amides is 1. The summed E-state index contributed by atoms with van der Waals surface area (Å²) in [5.41, 5.74) is 1.88. The fourth-order valence-electron chi connectivity index (χ4n) is 2.77. The number of ether oxygens (including phenoxy) is 1. The van der Waals surface area contributed by atoms with Gasteiger partial charge in [-0.1, -0.05) is 23.7 Å². The first-order valence-corrected chi connectivity index (χ1v) is 8.43. The maximum Gasteiger partial charge on any atom is 0.244 e. The van der Waals surface area contributed by atoms with Gasteiger partial charge in [0.05, 0.1) is 6.10 Å². The third kappa shape index (κ3) is 5.98. The van der Waals surface area contributed by atoms with E-state index in [0.29, 0.717) is 17.7 Å². The highest BCUT2D eigenvalue weighted by atomic mass is 35.5. The van der Waals surface area contributed by atoms with Crippen molar-refractivity contribution in [2.75, 3.05) is 33.3 Å². The molecule has 1 saturated heterocycles. The molecule has 4 nitrogen and oxygen atoms in total. The average molecular weight is 337 g/mol. The second-order valence-electron chi connectivity index (χ2n) is 5.91. The number of allylic oxidation sites excluding steroid dienone is 1. The third-order valence-electron chi connectivity index (χ3n) is 4.22. The van der Waals surface area contributed by atoms with Gasteiger partial charge >= 0.3 is 0 Å². The maximum absolute atomic E-state index is 12.0. The van der Waals surface area contributed by atoms with Gasteiger partial charge in [0.25, 0.3) is 0 Å². The lowest BCUT2D eigenvalue weighted by molar-refractivity contribution is -0.116. The zero-order valence-corrected chi connectivity index (χ0v) is 14.6. The van der Waals surface area contributed by atoms with Crippen molar-refractivity contribution in [2.24, 2.45) is 0 Å². The van der Waals surface area contributed by atoms with E-state index in [1.54, 1.807) is 13.2 Å². The Morgan fingerprint density at radius 1 is 1.43 bits per heavy atom. The first-order chi connectivity index (χ1) is 11.1. The largest absolute Gasteiger partial charge is 0.381 e. The van der Waals surface area contributed by atoms with E-state index in [1.807, 2.05) is 31.2 Å². The lowest BCUT2D eigenvalue weighted by Gasteiger charge is -2.31. The number of carbonyl (C=O) groups excluding carboxylic acids is 1. The summed E-state index contributed by atoms with van der Waals surface area (Å²) in [6.07, 6.45) is 4.16. The molecule has 0 saturated carbocycles. The number of hydrogen-bond donors (Lipinski definition) is 1. The Balaban J connectivity index is 1.74. The SMILES string of the molecule is COC1CCN(CCNC(=O)C=C(C)c2cccc(Cl)c2)CC1. The van der Waals surface area contributed by atoms with E-state index in [2.05, 4.69) is 10.2 Å². The number of nitrogens with one attached hydrogen (secondary N) is 1. The van der Waals surface area contributed by atoms with Gasteiger partial charge in [0.2, 0.25) is 5.91 Å². The highest BCUT2D eigenvalue weighted by Gasteiger charge is 2.17. The van der Waals surface area contributed by atoms with Crippen LogP contribution in [0.4, 0.5) is 0 Å². The molecule has 1 aliphatic heterocycles. The van der Waals surface area contributed by atoms with Crippen LogP contribution in [-0.2, 0) is 9.53 Å². The quantitative estimate of drug-likeness (QED) is 0.812. The lowest BCUT2D eigenvalue weighted by atomic mass is 10.1. The molecule has 0 spiro atoms. The topological polar surface area (TPSA) is 41.6 Å². The zero-order chi connectivity index (χ0) is 16.7. The molecule has 0 bridgehead atoms. The van der Waals surface area contributed by atoms with Crippen molar-refractivity contribution in [2.45, 2.75) is 25.9 Å². The molecule has 23 heavy (non-hydrogen) atoms. The smallest absolute Gasteiger partial charge is 0.244 e. The Kier molecular flexibility index (Phi) is 7.09. The van der Waals surface area contributed by atoms with E-state index >= 15 is 0 Å². The number of rotatable bonds is 6. The van der Waals surface area contributed by atoms with Crippen molar-refractivity contribution in [3.63, 3.8) is 0 Å². The molecule has 2 rings (SSSR count). The van der Waals surface area contributed by atoms with Crippen LogP contribution in [0.3, 0.4) is 0 Å². The van der Waals surface area contributed by atoms with E-state index < -0.39 is 0 Å². The molecule has 0 atom stereocenters. The number of likely N-dealkylation sites (tertiary alicyclic amines) is 1. The predicted octanol–water partition coefficient (Wildman–Crippen LogP) is 2.97. The molecule has 1 fully saturated rings. The van der Waals surface area contributed by atoms with E-state index in [0.717, 1.165) is 43.6 Å². The fraction of sp³-hybridized carbons (Fsp3) is 0.500. The molecule has 0 unspecified atom stereocenters. The number of nitrogens with zero attached hydrogens (tertiary/aromatic N) is 1. The van der Waals surface area contributed by atoms with Crippen LogP contribution in [0.15, 0.2) is 30.3 Å². The highest BCUT2D eigenvalue weighted by Crippen LogP contribution is 2.18. The van der Waals surface area contributed by atoms with Gasteiger partial charge in [-0.2, -0.15) is 0 Å². The molecular formula is C18H25ClN2O2. The molecule has 1 amide bonds. The summed E-state index contributed by atoms with van der Waals surface area (Å²) < 4.78 is 5.36. The normalized spacial score (nSPS) is 17.3. The Bertz CT molecular complexity index is 552. The Labute approximate surface area is 143 Å². The van der Waals surface area contributed by atoms with Gasteiger partial charge in [0, 0.05) is 44.4 Å². The molecule has 1 N–H and O–H groups in total. The standard InChI is InChI=1S/C18H25ClN2O2/c1-14(15-4-3-5-16(19)13-15)12-18(22)20-8-11-21-9-6-17(23-2)7-10-21/h3-5,12-13,17H,6-11H2,1-2H3,(H,20,22). The number of methoxy groups -OCH3 is 1. The molecule has 0 aromatic heterocycles. The van der Waals surface area contributed by atoms with Crippen LogP contribution >= 0.6 is 11.6 Å². The zero-order valence-electron chi connectivity index (χ0n) is 13.8. The van der Waals surface area contributed by atoms with E-state index in [9.17, 15) is 4.79 Å². The van der Waals surface area contributed by atoms with Crippen molar-refractivity contribution < 1.29 is 9.53 Å². The molecule has 0 aliphatic carbocycles. The molecule has 1 aromatic rings. The van der Waals surface area contributed by atoms with Crippen LogP contribution in [0, 0.1) is 0 Å². The van der Waals surface area contributed by atoms with Crippen molar-refractivity contribution >= 4 is 23.1 Å². The minimum absolute atomic E-state index is 0.0609. The van der Waals surface area contributed by atoms with Crippen LogP contribution in [0.2, 0.25) is 5.02 Å². The van der Waals surface area contributed by atoms with E-state index in [-0.39, 0.29) is 5.91 Å². The monoisotopic (exact) mass is 336 g/mol. The summed E-state index contributed by atoms with van der Waals surface area (Å²) in [5, 5.41) is 3.63. The van der Waals surface area contributed by atoms with Gasteiger partial charge in [-0.3, -0.25) is 4.79 Å². The molecule has 126 valence electrons. The van der Waals surface area contributed by atoms with Gasteiger partial charge in [0.1, 0.15) is 0 Å². The Morgan fingerprint density at radius 3 is 2.83 bits per heavy atom. The Morgan fingerprint density at radius 2 is 2.17 bits per heavy atom. The second-order valence-corrected chi connectivity index (χ2v) is 6.34. The summed E-state index contributed by atoms with van der Waals surface area (Å²) in [5.74, 6) is -0.0609. The summed E-state index contributed by atoms with van der Waals surface area (Å²) in [4.78, 5) is 14.4. The fourth-order valence-corrected chi connectivity index (χ4v) is 2.96. The minimum atomic E-state index is -0.0609. The van der Waals surface area contributed by atoms with Crippen LogP contribution in [0.1, 0.15) is 25.3 Å². The van der Waals surface area contributed by atoms with Crippen LogP contribution < -0.4 is 5.32 Å². The Hall–Kier alpha value is -1.36. The highest BCUT2D eigenvalue weighted by molar-refractivity contribution is 6.30. The summed E-state index contributed by atoms with van der Waals surface area (Å²) in [6, 6.07) is 7.52. The summed E-state index contributed by atoms with van der Waals surface area (Å²) >= 11 is 5.97. The van der Waals surface area contributed by atoms with Crippen molar-refractivity contribution in [3.05, 3.63) is 40.9 Å². The minimum Gasteiger partial charge on any atom is -0.381 e. The second kappa shape index (κ2) is 9.06. The number of hydrogen-bond acceptors (Lipinski definition) is 3. The van der Waals surface area contributed by atoms with Gasteiger partial charge in [-0.15, -0.1) is 0 Å². The molecule has 5 heteroatoms. The molecule has 1 aliphatic rings. The van der Waals surface area contributed by atoms with Crippen molar-refractivity contribution in [1.82, 2.24) is 10.2 Å². The predicted molar refractivity (Wildman–Crippen MR) is 94.6 cm³/mol. The maximum atomic E-state index is 12.0. The average Bonchev–Trinajstić information content (AvgIpc) is 2.55. The van der Waals surface area contributed by atoms with Crippen molar-refractivity contribution in [3.8, 4) is 0 Å². The van der Waals surface area contributed by atoms with Gasteiger partial charge < -0.3 is 15.0 Å². The lowest BCUT2D eigenvalue weighted by Crippen LogP contribution is -2.41.